The number of rotatable bonds is 2. The Morgan fingerprint density at radius 3 is 2.90 bits per heavy atom. The van der Waals surface area contributed by atoms with E-state index in [9.17, 15) is 0 Å². The third kappa shape index (κ3) is 1.75. The number of nitrogens with one attached hydrogen (secondary N) is 1. The zero-order valence-corrected chi connectivity index (χ0v) is 6.56. The standard InChI is InChI=1S/C9H15N/c1-3-8-4-5-9(6-8)7-10-2/h1,8-10H,4-7H2,2H3. The fourth-order valence-corrected chi connectivity index (χ4v) is 1.70. The van der Waals surface area contributed by atoms with Crippen molar-refractivity contribution in [3.8, 4) is 12.3 Å². The van der Waals surface area contributed by atoms with E-state index in [-0.39, 0.29) is 0 Å². The van der Waals surface area contributed by atoms with Crippen molar-refractivity contribution >= 4 is 0 Å². The summed E-state index contributed by atoms with van der Waals surface area (Å²) in [7, 11) is 2.00. The van der Waals surface area contributed by atoms with Crippen LogP contribution in [0.3, 0.4) is 0 Å². The molecule has 0 aliphatic heterocycles. The van der Waals surface area contributed by atoms with Crippen LogP contribution in [-0.2, 0) is 0 Å². The van der Waals surface area contributed by atoms with Gasteiger partial charge in [-0.05, 0) is 38.8 Å². The first kappa shape index (κ1) is 7.63. The Balaban J connectivity index is 2.23. The van der Waals surface area contributed by atoms with Gasteiger partial charge in [-0.25, -0.2) is 0 Å². The number of hydrogen-bond donors (Lipinski definition) is 1. The largest absolute Gasteiger partial charge is 0.319 e. The van der Waals surface area contributed by atoms with Crippen LogP contribution in [0.5, 0.6) is 0 Å². The molecule has 0 aromatic heterocycles. The molecular weight excluding hydrogens is 122 g/mol. The lowest BCUT2D eigenvalue weighted by Gasteiger charge is -2.06. The summed E-state index contributed by atoms with van der Waals surface area (Å²) in [6.45, 7) is 1.14. The Hall–Kier alpha value is -0.480. The summed E-state index contributed by atoms with van der Waals surface area (Å²) in [5.74, 6) is 4.23. The van der Waals surface area contributed by atoms with E-state index < -0.39 is 0 Å². The Labute approximate surface area is 63.2 Å². The summed E-state index contributed by atoms with van der Waals surface area (Å²) in [6.07, 6.45) is 9.11. The van der Waals surface area contributed by atoms with Crippen molar-refractivity contribution in [1.82, 2.24) is 5.32 Å². The van der Waals surface area contributed by atoms with Gasteiger partial charge in [0.15, 0.2) is 0 Å². The van der Waals surface area contributed by atoms with Gasteiger partial charge in [0.1, 0.15) is 0 Å². The molecular formula is C9H15N. The van der Waals surface area contributed by atoms with Gasteiger partial charge in [0.05, 0.1) is 0 Å². The molecule has 1 saturated carbocycles. The molecule has 2 atom stereocenters. The Bertz CT molecular complexity index is 134. The zero-order valence-electron chi connectivity index (χ0n) is 6.56. The molecule has 0 saturated heterocycles. The van der Waals surface area contributed by atoms with Gasteiger partial charge in [-0.2, -0.15) is 0 Å². The summed E-state index contributed by atoms with van der Waals surface area (Å²) in [6, 6.07) is 0. The molecule has 0 amide bonds. The van der Waals surface area contributed by atoms with Crippen LogP contribution in [-0.4, -0.2) is 13.6 Å². The fourth-order valence-electron chi connectivity index (χ4n) is 1.70. The van der Waals surface area contributed by atoms with Crippen LogP contribution in [0.4, 0.5) is 0 Å². The molecule has 1 rings (SSSR count). The van der Waals surface area contributed by atoms with Crippen LogP contribution in [0.25, 0.3) is 0 Å². The molecule has 0 aromatic carbocycles. The van der Waals surface area contributed by atoms with E-state index in [4.69, 9.17) is 6.42 Å². The van der Waals surface area contributed by atoms with Gasteiger partial charge in [0.25, 0.3) is 0 Å². The first-order valence-electron chi connectivity index (χ1n) is 3.97. The molecule has 1 aliphatic carbocycles. The molecule has 1 fully saturated rings. The third-order valence-electron chi connectivity index (χ3n) is 2.27. The SMILES string of the molecule is C#CC1CCC(CNC)C1. The second kappa shape index (κ2) is 3.63. The lowest BCUT2D eigenvalue weighted by Crippen LogP contribution is -2.16. The molecule has 56 valence electrons. The highest BCUT2D eigenvalue weighted by Crippen LogP contribution is 2.29. The van der Waals surface area contributed by atoms with Crippen LogP contribution < -0.4 is 5.32 Å². The number of hydrogen-bond acceptors (Lipinski definition) is 1. The van der Waals surface area contributed by atoms with E-state index in [2.05, 4.69) is 11.2 Å². The molecule has 1 heteroatoms. The predicted octanol–water partition coefficient (Wildman–Crippen LogP) is 1.26. The molecule has 0 spiro atoms. The van der Waals surface area contributed by atoms with Crippen molar-refractivity contribution in [2.45, 2.75) is 19.3 Å². The molecule has 2 unspecified atom stereocenters. The second-order valence-corrected chi connectivity index (χ2v) is 3.10. The topological polar surface area (TPSA) is 12.0 Å². The minimum atomic E-state index is 0.568. The summed E-state index contributed by atoms with van der Waals surface area (Å²) < 4.78 is 0. The first-order valence-corrected chi connectivity index (χ1v) is 3.97. The van der Waals surface area contributed by atoms with Crippen LogP contribution >= 0.6 is 0 Å². The summed E-state index contributed by atoms with van der Waals surface area (Å²) >= 11 is 0. The molecule has 1 aliphatic rings. The van der Waals surface area contributed by atoms with Crippen LogP contribution in [0, 0.1) is 24.2 Å². The average Bonchev–Trinajstić information content (AvgIpc) is 2.37. The monoisotopic (exact) mass is 137 g/mol. The lowest BCUT2D eigenvalue weighted by molar-refractivity contribution is 0.506. The summed E-state index contributed by atoms with van der Waals surface area (Å²) in [5.41, 5.74) is 0. The van der Waals surface area contributed by atoms with Gasteiger partial charge in [0.2, 0.25) is 0 Å². The van der Waals surface area contributed by atoms with Crippen LogP contribution in [0.15, 0.2) is 0 Å². The minimum Gasteiger partial charge on any atom is -0.319 e. The van der Waals surface area contributed by atoms with Gasteiger partial charge >= 0.3 is 0 Å². The molecule has 0 radical (unpaired) electrons. The minimum absolute atomic E-state index is 0.568. The van der Waals surface area contributed by atoms with Crippen molar-refractivity contribution in [2.24, 2.45) is 11.8 Å². The summed E-state index contributed by atoms with van der Waals surface area (Å²) in [4.78, 5) is 0. The molecule has 1 nitrogen and oxygen atoms in total. The lowest BCUT2D eigenvalue weighted by atomic mass is 10.1. The van der Waals surface area contributed by atoms with Gasteiger partial charge in [-0.1, -0.05) is 0 Å². The predicted molar refractivity (Wildman–Crippen MR) is 43.6 cm³/mol. The maximum absolute atomic E-state index is 5.32. The van der Waals surface area contributed by atoms with Crippen LogP contribution in [0.1, 0.15) is 19.3 Å². The highest BCUT2D eigenvalue weighted by atomic mass is 14.8. The van der Waals surface area contributed by atoms with E-state index in [1.165, 1.54) is 19.3 Å². The average molecular weight is 137 g/mol. The highest BCUT2D eigenvalue weighted by molar-refractivity contribution is 4.97. The van der Waals surface area contributed by atoms with E-state index >= 15 is 0 Å². The Kier molecular flexibility index (Phi) is 2.77. The highest BCUT2D eigenvalue weighted by Gasteiger charge is 2.21. The molecule has 0 bridgehead atoms. The fraction of sp³-hybridized carbons (Fsp3) is 0.778. The van der Waals surface area contributed by atoms with Crippen molar-refractivity contribution in [3.05, 3.63) is 0 Å². The van der Waals surface area contributed by atoms with E-state index in [0.29, 0.717) is 5.92 Å². The normalized spacial score (nSPS) is 32.0. The van der Waals surface area contributed by atoms with E-state index in [0.717, 1.165) is 12.5 Å². The molecule has 10 heavy (non-hydrogen) atoms. The molecule has 1 N–H and O–H groups in total. The smallest absolute Gasteiger partial charge is 0.0203 e. The molecule has 0 heterocycles. The Morgan fingerprint density at radius 2 is 2.40 bits per heavy atom. The van der Waals surface area contributed by atoms with Crippen molar-refractivity contribution in [1.29, 1.82) is 0 Å². The second-order valence-electron chi connectivity index (χ2n) is 3.10. The van der Waals surface area contributed by atoms with E-state index in [1.807, 2.05) is 7.05 Å². The van der Waals surface area contributed by atoms with Gasteiger partial charge < -0.3 is 5.32 Å². The van der Waals surface area contributed by atoms with E-state index in [1.54, 1.807) is 0 Å². The van der Waals surface area contributed by atoms with Crippen LogP contribution in [0.2, 0.25) is 0 Å². The number of terminal acetylenes is 1. The quantitative estimate of drug-likeness (QED) is 0.565. The van der Waals surface area contributed by atoms with Gasteiger partial charge in [0, 0.05) is 5.92 Å². The summed E-state index contributed by atoms with van der Waals surface area (Å²) in [5, 5.41) is 3.19. The third-order valence-corrected chi connectivity index (χ3v) is 2.27. The maximum atomic E-state index is 5.32. The molecule has 0 aromatic rings. The Morgan fingerprint density at radius 1 is 1.60 bits per heavy atom. The van der Waals surface area contributed by atoms with Gasteiger partial charge in [-0.15, -0.1) is 12.3 Å². The maximum Gasteiger partial charge on any atom is 0.0203 e. The van der Waals surface area contributed by atoms with Crippen molar-refractivity contribution in [2.75, 3.05) is 13.6 Å². The van der Waals surface area contributed by atoms with Crippen molar-refractivity contribution < 1.29 is 0 Å². The first-order chi connectivity index (χ1) is 4.86. The zero-order chi connectivity index (χ0) is 7.40. The van der Waals surface area contributed by atoms with Gasteiger partial charge in [-0.3, -0.25) is 0 Å². The van der Waals surface area contributed by atoms with Crippen molar-refractivity contribution in [3.63, 3.8) is 0 Å².